The quantitative estimate of drug-likeness (QED) is 0.667. The molecule has 0 radical (unpaired) electrons. The SMILES string of the molecule is N#C/C(=C/c1cccc(Cl)c1)C(=O)Nc1ccc(Cl)cc1. The van der Waals surface area contributed by atoms with Gasteiger partial charge in [-0.1, -0.05) is 35.3 Å². The average Bonchev–Trinajstić information content (AvgIpc) is 2.47. The molecule has 5 heteroatoms. The minimum absolute atomic E-state index is 0.00721. The molecule has 0 aliphatic carbocycles. The molecule has 0 aliphatic heterocycles. The van der Waals surface area contributed by atoms with Crippen molar-refractivity contribution < 1.29 is 4.79 Å². The van der Waals surface area contributed by atoms with E-state index in [-0.39, 0.29) is 5.57 Å². The van der Waals surface area contributed by atoms with Crippen molar-refractivity contribution >= 4 is 40.9 Å². The molecular formula is C16H10Cl2N2O. The van der Waals surface area contributed by atoms with E-state index in [1.165, 1.54) is 6.08 Å². The molecule has 2 aromatic rings. The lowest BCUT2D eigenvalue weighted by atomic mass is 10.1. The molecule has 2 aromatic carbocycles. The maximum atomic E-state index is 12.1. The summed E-state index contributed by atoms with van der Waals surface area (Å²) in [5.41, 5.74) is 1.24. The van der Waals surface area contributed by atoms with Gasteiger partial charge in [-0.15, -0.1) is 0 Å². The molecule has 0 aromatic heterocycles. The number of hydrogen-bond donors (Lipinski definition) is 1. The maximum Gasteiger partial charge on any atom is 0.266 e. The fourth-order valence-electron chi connectivity index (χ4n) is 1.64. The highest BCUT2D eigenvalue weighted by Crippen LogP contribution is 2.16. The molecule has 0 heterocycles. The number of hydrogen-bond acceptors (Lipinski definition) is 2. The highest BCUT2D eigenvalue weighted by molar-refractivity contribution is 6.31. The minimum atomic E-state index is -0.486. The molecule has 0 aliphatic rings. The first-order valence-electron chi connectivity index (χ1n) is 6.03. The first-order valence-corrected chi connectivity index (χ1v) is 6.78. The average molecular weight is 317 g/mol. The molecule has 1 amide bonds. The summed E-state index contributed by atoms with van der Waals surface area (Å²) in [7, 11) is 0. The molecule has 0 spiro atoms. The molecule has 21 heavy (non-hydrogen) atoms. The van der Waals surface area contributed by atoms with Gasteiger partial charge in [0.25, 0.3) is 5.91 Å². The third-order valence-electron chi connectivity index (χ3n) is 2.63. The highest BCUT2D eigenvalue weighted by atomic mass is 35.5. The molecule has 0 saturated carbocycles. The molecule has 0 atom stereocenters. The van der Waals surface area contributed by atoms with E-state index >= 15 is 0 Å². The molecule has 2 rings (SSSR count). The van der Waals surface area contributed by atoms with E-state index in [0.717, 1.165) is 0 Å². The first-order chi connectivity index (χ1) is 10.1. The van der Waals surface area contributed by atoms with Gasteiger partial charge in [0.2, 0.25) is 0 Å². The number of anilines is 1. The van der Waals surface area contributed by atoms with Crippen LogP contribution < -0.4 is 5.32 Å². The van der Waals surface area contributed by atoms with Gasteiger partial charge >= 0.3 is 0 Å². The summed E-state index contributed by atoms with van der Waals surface area (Å²) >= 11 is 11.6. The Bertz CT molecular complexity index is 731. The Morgan fingerprint density at radius 1 is 1.10 bits per heavy atom. The van der Waals surface area contributed by atoms with Gasteiger partial charge in [0, 0.05) is 15.7 Å². The van der Waals surface area contributed by atoms with Crippen LogP contribution in [0.3, 0.4) is 0 Å². The summed E-state index contributed by atoms with van der Waals surface area (Å²) in [6.07, 6.45) is 1.48. The van der Waals surface area contributed by atoms with Crippen molar-refractivity contribution in [1.29, 1.82) is 5.26 Å². The number of carbonyl (C=O) groups excluding carboxylic acids is 1. The fourth-order valence-corrected chi connectivity index (χ4v) is 1.97. The summed E-state index contributed by atoms with van der Waals surface area (Å²) in [4.78, 5) is 12.1. The zero-order valence-electron chi connectivity index (χ0n) is 10.8. The second kappa shape index (κ2) is 6.94. The predicted molar refractivity (Wildman–Crippen MR) is 85.1 cm³/mol. The van der Waals surface area contributed by atoms with Crippen molar-refractivity contribution in [3.8, 4) is 6.07 Å². The van der Waals surface area contributed by atoms with E-state index in [1.54, 1.807) is 48.5 Å². The monoisotopic (exact) mass is 316 g/mol. The molecule has 0 unspecified atom stereocenters. The van der Waals surface area contributed by atoms with E-state index in [2.05, 4.69) is 5.32 Å². The van der Waals surface area contributed by atoms with Crippen molar-refractivity contribution in [3.63, 3.8) is 0 Å². The van der Waals surface area contributed by atoms with Crippen molar-refractivity contribution in [2.75, 3.05) is 5.32 Å². The van der Waals surface area contributed by atoms with Gasteiger partial charge in [-0.2, -0.15) is 5.26 Å². The summed E-state index contributed by atoms with van der Waals surface area (Å²) in [5, 5.41) is 12.9. The first kappa shape index (κ1) is 15.1. The summed E-state index contributed by atoms with van der Waals surface area (Å²) in [5.74, 6) is -0.486. The van der Waals surface area contributed by atoms with Gasteiger partial charge in [0.15, 0.2) is 0 Å². The van der Waals surface area contributed by atoms with E-state index in [4.69, 9.17) is 28.5 Å². The van der Waals surface area contributed by atoms with Gasteiger partial charge < -0.3 is 5.32 Å². The van der Waals surface area contributed by atoms with Crippen LogP contribution in [0.2, 0.25) is 10.0 Å². The number of nitrogens with zero attached hydrogens (tertiary/aromatic N) is 1. The Kier molecular flexibility index (Phi) is 4.99. The molecule has 0 fully saturated rings. The molecule has 0 saturated heterocycles. The zero-order valence-corrected chi connectivity index (χ0v) is 12.3. The third-order valence-corrected chi connectivity index (χ3v) is 3.11. The minimum Gasteiger partial charge on any atom is -0.321 e. The number of nitriles is 1. The number of rotatable bonds is 3. The van der Waals surface area contributed by atoms with Crippen LogP contribution in [-0.2, 0) is 4.79 Å². The lowest BCUT2D eigenvalue weighted by molar-refractivity contribution is -0.112. The predicted octanol–water partition coefficient (Wildman–Crippen LogP) is 4.54. The summed E-state index contributed by atoms with van der Waals surface area (Å²) < 4.78 is 0. The second-order valence-electron chi connectivity index (χ2n) is 4.19. The van der Waals surface area contributed by atoms with Gasteiger partial charge in [-0.3, -0.25) is 4.79 Å². The molecule has 0 bridgehead atoms. The van der Waals surface area contributed by atoms with Gasteiger partial charge in [-0.25, -0.2) is 0 Å². The smallest absolute Gasteiger partial charge is 0.266 e. The third kappa shape index (κ3) is 4.35. The van der Waals surface area contributed by atoms with Crippen LogP contribution in [0.4, 0.5) is 5.69 Å². The molecular weight excluding hydrogens is 307 g/mol. The summed E-state index contributed by atoms with van der Waals surface area (Å²) in [6, 6.07) is 15.4. The van der Waals surface area contributed by atoms with E-state index in [9.17, 15) is 4.79 Å². The Morgan fingerprint density at radius 3 is 2.43 bits per heavy atom. The Hall–Kier alpha value is -2.28. The Labute approximate surface area is 132 Å². The van der Waals surface area contributed by atoms with Gasteiger partial charge in [0.1, 0.15) is 11.6 Å². The molecule has 3 nitrogen and oxygen atoms in total. The fraction of sp³-hybridized carbons (Fsp3) is 0. The van der Waals surface area contributed by atoms with Crippen LogP contribution in [0.25, 0.3) is 6.08 Å². The van der Waals surface area contributed by atoms with E-state index in [1.807, 2.05) is 6.07 Å². The number of benzene rings is 2. The van der Waals surface area contributed by atoms with E-state index in [0.29, 0.717) is 21.3 Å². The van der Waals surface area contributed by atoms with Gasteiger partial charge in [-0.05, 0) is 48.0 Å². The normalized spacial score (nSPS) is 10.8. The van der Waals surface area contributed by atoms with Crippen molar-refractivity contribution in [3.05, 3.63) is 69.7 Å². The van der Waals surface area contributed by atoms with Crippen LogP contribution in [0.1, 0.15) is 5.56 Å². The summed E-state index contributed by atoms with van der Waals surface area (Å²) in [6.45, 7) is 0. The van der Waals surface area contributed by atoms with Crippen LogP contribution in [0.5, 0.6) is 0 Å². The topological polar surface area (TPSA) is 52.9 Å². The highest BCUT2D eigenvalue weighted by Gasteiger charge is 2.09. The number of halogens is 2. The lowest BCUT2D eigenvalue weighted by Gasteiger charge is -2.04. The number of nitrogens with one attached hydrogen (secondary N) is 1. The number of carbonyl (C=O) groups is 1. The van der Waals surface area contributed by atoms with Crippen molar-refractivity contribution in [1.82, 2.24) is 0 Å². The van der Waals surface area contributed by atoms with Crippen LogP contribution in [0.15, 0.2) is 54.1 Å². The Morgan fingerprint density at radius 2 is 1.81 bits per heavy atom. The number of amides is 1. The maximum absolute atomic E-state index is 12.1. The van der Waals surface area contributed by atoms with Crippen LogP contribution >= 0.6 is 23.2 Å². The standard InChI is InChI=1S/C16H10Cl2N2O/c17-13-4-6-15(7-5-13)20-16(21)12(10-19)8-11-2-1-3-14(18)9-11/h1-9H,(H,20,21)/b12-8-. The largest absolute Gasteiger partial charge is 0.321 e. The van der Waals surface area contributed by atoms with Crippen molar-refractivity contribution in [2.45, 2.75) is 0 Å². The van der Waals surface area contributed by atoms with Crippen LogP contribution in [-0.4, -0.2) is 5.91 Å². The van der Waals surface area contributed by atoms with Crippen LogP contribution in [0, 0.1) is 11.3 Å². The van der Waals surface area contributed by atoms with Crippen molar-refractivity contribution in [2.24, 2.45) is 0 Å². The second-order valence-corrected chi connectivity index (χ2v) is 5.06. The van der Waals surface area contributed by atoms with E-state index < -0.39 is 5.91 Å². The molecule has 1 N–H and O–H groups in total. The lowest BCUT2D eigenvalue weighted by Crippen LogP contribution is -2.13. The van der Waals surface area contributed by atoms with Gasteiger partial charge in [0.05, 0.1) is 0 Å². The zero-order chi connectivity index (χ0) is 15.2. The Balaban J connectivity index is 2.19. The molecule has 104 valence electrons.